The van der Waals surface area contributed by atoms with Crippen LogP contribution in [0.1, 0.15) is 41.2 Å². The Morgan fingerprint density at radius 1 is 1.26 bits per heavy atom. The maximum atomic E-state index is 14.3. The van der Waals surface area contributed by atoms with Gasteiger partial charge in [0.2, 0.25) is 0 Å². The zero-order chi connectivity index (χ0) is 18.8. The van der Waals surface area contributed by atoms with E-state index < -0.39 is 11.7 Å². The van der Waals surface area contributed by atoms with Crippen molar-refractivity contribution in [2.24, 2.45) is 5.73 Å². The van der Waals surface area contributed by atoms with Gasteiger partial charge in [-0.2, -0.15) is 0 Å². The number of fused-ring (bicyclic) bond motifs is 1. The maximum Gasteiger partial charge on any atom is 0.259 e. The molecule has 8 heteroatoms. The molecule has 27 heavy (non-hydrogen) atoms. The summed E-state index contributed by atoms with van der Waals surface area (Å²) in [5.74, 6) is 1.14. The van der Waals surface area contributed by atoms with Gasteiger partial charge in [0.15, 0.2) is 5.82 Å². The number of nitrogens with zero attached hydrogens (tertiary/aromatic N) is 3. The lowest BCUT2D eigenvalue weighted by Crippen LogP contribution is -2.12. The van der Waals surface area contributed by atoms with Crippen LogP contribution in [-0.2, 0) is 19.5 Å². The molecule has 0 fully saturated rings. The largest absolute Gasteiger partial charge is 0.467 e. The Bertz CT molecular complexity index is 978. The number of furan rings is 1. The molecule has 0 unspecified atom stereocenters. The number of hydrogen-bond acceptors (Lipinski definition) is 5. The summed E-state index contributed by atoms with van der Waals surface area (Å²) in [6.45, 7) is 1.03. The summed E-state index contributed by atoms with van der Waals surface area (Å²) in [5, 5.41) is 11.1. The standard InChI is InChI=1S/C19H20FN5O2/c20-15-6-5-12(18-24-23-17-4-2-1-3-7-25(17)18)9-16(15)22-19(26)13-8-14(10-21)27-11-13/h5-6,8-9,11H,1-4,7,10,21H2,(H,22,26). The molecular weight excluding hydrogens is 349 g/mol. The van der Waals surface area contributed by atoms with Crippen LogP contribution in [0.5, 0.6) is 0 Å². The molecule has 0 spiro atoms. The third-order valence-corrected chi connectivity index (χ3v) is 4.70. The average molecular weight is 369 g/mol. The van der Waals surface area contributed by atoms with Crippen molar-refractivity contribution in [3.05, 3.63) is 53.5 Å². The number of nitrogens with two attached hydrogens (primary N) is 1. The van der Waals surface area contributed by atoms with E-state index in [9.17, 15) is 9.18 Å². The van der Waals surface area contributed by atoms with E-state index in [0.717, 1.165) is 38.1 Å². The zero-order valence-electron chi connectivity index (χ0n) is 14.7. The van der Waals surface area contributed by atoms with Gasteiger partial charge in [0.25, 0.3) is 5.91 Å². The molecule has 3 heterocycles. The molecule has 1 aliphatic heterocycles. The minimum absolute atomic E-state index is 0.0824. The van der Waals surface area contributed by atoms with Gasteiger partial charge >= 0.3 is 0 Å². The first-order valence-corrected chi connectivity index (χ1v) is 8.96. The van der Waals surface area contributed by atoms with Gasteiger partial charge in [0, 0.05) is 18.5 Å². The Labute approximate surface area is 155 Å². The maximum absolute atomic E-state index is 14.3. The van der Waals surface area contributed by atoms with Crippen molar-refractivity contribution in [3.8, 4) is 11.4 Å². The highest BCUT2D eigenvalue weighted by atomic mass is 19.1. The molecule has 7 nitrogen and oxygen atoms in total. The summed E-state index contributed by atoms with van der Waals surface area (Å²) in [6.07, 6.45) is 5.51. The lowest BCUT2D eigenvalue weighted by Gasteiger charge is -2.10. The first-order chi connectivity index (χ1) is 13.2. The first kappa shape index (κ1) is 17.4. The Morgan fingerprint density at radius 3 is 2.96 bits per heavy atom. The normalized spacial score (nSPS) is 13.9. The number of anilines is 1. The molecule has 1 aliphatic rings. The number of amides is 1. The summed E-state index contributed by atoms with van der Waals surface area (Å²) >= 11 is 0. The monoisotopic (exact) mass is 369 g/mol. The number of carbonyl (C=O) groups excluding carboxylic acids is 1. The third-order valence-electron chi connectivity index (χ3n) is 4.70. The Morgan fingerprint density at radius 2 is 2.15 bits per heavy atom. The average Bonchev–Trinajstić information content (AvgIpc) is 3.25. The van der Waals surface area contributed by atoms with Gasteiger partial charge in [0.05, 0.1) is 17.8 Å². The van der Waals surface area contributed by atoms with Crippen molar-refractivity contribution in [3.63, 3.8) is 0 Å². The fraction of sp³-hybridized carbons (Fsp3) is 0.316. The number of nitrogens with one attached hydrogen (secondary N) is 1. The molecule has 0 atom stereocenters. The quantitative estimate of drug-likeness (QED) is 0.736. The predicted octanol–water partition coefficient (Wildman–Crippen LogP) is 3.11. The lowest BCUT2D eigenvalue weighted by molar-refractivity contribution is 0.102. The second kappa shape index (κ2) is 7.32. The predicted molar refractivity (Wildman–Crippen MR) is 97.5 cm³/mol. The minimum Gasteiger partial charge on any atom is -0.467 e. The lowest BCUT2D eigenvalue weighted by atomic mass is 10.1. The number of rotatable bonds is 4. The molecule has 1 aromatic carbocycles. The van der Waals surface area contributed by atoms with E-state index in [2.05, 4.69) is 20.1 Å². The van der Waals surface area contributed by atoms with Crippen molar-refractivity contribution in [2.45, 2.75) is 38.8 Å². The fourth-order valence-electron chi connectivity index (χ4n) is 3.26. The topological polar surface area (TPSA) is 99.0 Å². The van der Waals surface area contributed by atoms with Crippen molar-refractivity contribution < 1.29 is 13.6 Å². The molecule has 0 radical (unpaired) electrons. The molecule has 140 valence electrons. The molecule has 1 amide bonds. The van der Waals surface area contributed by atoms with Gasteiger partial charge in [-0.25, -0.2) is 4.39 Å². The van der Waals surface area contributed by atoms with Crippen molar-refractivity contribution in [2.75, 3.05) is 5.32 Å². The second-order valence-corrected chi connectivity index (χ2v) is 6.56. The molecule has 3 N–H and O–H groups in total. The molecule has 4 rings (SSSR count). The van der Waals surface area contributed by atoms with Gasteiger partial charge < -0.3 is 20.0 Å². The summed E-state index contributed by atoms with van der Waals surface area (Å²) in [5.41, 5.74) is 6.56. The van der Waals surface area contributed by atoms with E-state index in [1.165, 1.54) is 18.4 Å². The van der Waals surface area contributed by atoms with Gasteiger partial charge in [-0.15, -0.1) is 10.2 Å². The number of halogens is 1. The van der Waals surface area contributed by atoms with E-state index in [0.29, 0.717) is 17.1 Å². The number of hydrogen-bond donors (Lipinski definition) is 2. The van der Waals surface area contributed by atoms with Crippen LogP contribution in [0.25, 0.3) is 11.4 Å². The molecule has 3 aromatic rings. The Hall–Kier alpha value is -3.00. The molecule has 0 saturated carbocycles. The van der Waals surface area contributed by atoms with Gasteiger partial charge in [0.1, 0.15) is 23.7 Å². The van der Waals surface area contributed by atoms with Crippen LogP contribution in [0.4, 0.5) is 10.1 Å². The van der Waals surface area contributed by atoms with E-state index in [1.807, 2.05) is 0 Å². The number of aromatic nitrogens is 3. The molecule has 0 aliphatic carbocycles. The van der Waals surface area contributed by atoms with Crippen LogP contribution >= 0.6 is 0 Å². The second-order valence-electron chi connectivity index (χ2n) is 6.56. The zero-order valence-corrected chi connectivity index (χ0v) is 14.7. The fourth-order valence-corrected chi connectivity index (χ4v) is 3.26. The van der Waals surface area contributed by atoms with Gasteiger partial charge in [-0.1, -0.05) is 6.42 Å². The van der Waals surface area contributed by atoms with Crippen LogP contribution in [0.3, 0.4) is 0 Å². The summed E-state index contributed by atoms with van der Waals surface area (Å²) in [7, 11) is 0. The summed E-state index contributed by atoms with van der Waals surface area (Å²) in [4.78, 5) is 12.4. The Kier molecular flexibility index (Phi) is 4.72. The van der Waals surface area contributed by atoms with E-state index in [1.54, 1.807) is 12.1 Å². The SMILES string of the molecule is NCc1cc(C(=O)Nc2cc(-c3nnc4n3CCCCC4)ccc2F)co1. The van der Waals surface area contributed by atoms with Crippen molar-refractivity contribution in [1.29, 1.82) is 0 Å². The number of aryl methyl sites for hydroxylation is 1. The highest BCUT2D eigenvalue weighted by Crippen LogP contribution is 2.27. The summed E-state index contributed by atoms with van der Waals surface area (Å²) in [6, 6.07) is 6.09. The first-order valence-electron chi connectivity index (χ1n) is 8.96. The molecule has 0 saturated heterocycles. The number of carbonyl (C=O) groups is 1. The highest BCUT2D eigenvalue weighted by Gasteiger charge is 2.18. The minimum atomic E-state index is -0.523. The van der Waals surface area contributed by atoms with Crippen molar-refractivity contribution in [1.82, 2.24) is 14.8 Å². The van der Waals surface area contributed by atoms with Gasteiger partial charge in [-0.3, -0.25) is 4.79 Å². The van der Waals surface area contributed by atoms with Gasteiger partial charge in [-0.05, 0) is 37.1 Å². The van der Waals surface area contributed by atoms with Crippen LogP contribution in [-0.4, -0.2) is 20.7 Å². The Balaban J connectivity index is 1.62. The van der Waals surface area contributed by atoms with E-state index >= 15 is 0 Å². The van der Waals surface area contributed by atoms with E-state index in [-0.39, 0.29) is 17.8 Å². The number of benzene rings is 1. The van der Waals surface area contributed by atoms with Crippen LogP contribution < -0.4 is 11.1 Å². The van der Waals surface area contributed by atoms with Crippen LogP contribution in [0.2, 0.25) is 0 Å². The molecule has 2 aromatic heterocycles. The summed E-state index contributed by atoms with van der Waals surface area (Å²) < 4.78 is 21.5. The van der Waals surface area contributed by atoms with E-state index in [4.69, 9.17) is 10.2 Å². The smallest absolute Gasteiger partial charge is 0.259 e. The van der Waals surface area contributed by atoms with Crippen molar-refractivity contribution >= 4 is 11.6 Å². The van der Waals surface area contributed by atoms with Crippen LogP contribution in [0, 0.1) is 5.82 Å². The molecule has 0 bridgehead atoms. The highest BCUT2D eigenvalue weighted by molar-refractivity contribution is 6.04. The third kappa shape index (κ3) is 3.48. The van der Waals surface area contributed by atoms with Crippen LogP contribution in [0.15, 0.2) is 34.9 Å². The molecular formula is C19H20FN5O2.